The summed E-state index contributed by atoms with van der Waals surface area (Å²) in [5, 5.41) is 9.40. The maximum atomic E-state index is 12.5. The van der Waals surface area contributed by atoms with Crippen LogP contribution in [0.3, 0.4) is 0 Å². The Labute approximate surface area is 123 Å². The van der Waals surface area contributed by atoms with Crippen LogP contribution in [-0.4, -0.2) is 30.1 Å². The lowest BCUT2D eigenvalue weighted by molar-refractivity contribution is 0.493. The molecule has 0 bridgehead atoms. The van der Waals surface area contributed by atoms with E-state index < -0.39 is 10.0 Å². The fraction of sp³-hybridized carbons (Fsp3) is 0.500. The van der Waals surface area contributed by atoms with Crippen molar-refractivity contribution in [3.05, 3.63) is 29.2 Å². The lowest BCUT2D eigenvalue weighted by Crippen LogP contribution is -2.26. The van der Waals surface area contributed by atoms with Crippen LogP contribution in [0, 0.1) is 13.8 Å². The molecule has 116 valence electrons. The Morgan fingerprint density at radius 3 is 2.67 bits per heavy atom. The Bertz CT molecular complexity index is 691. The second-order valence-electron chi connectivity index (χ2n) is 4.56. The highest BCUT2D eigenvalue weighted by atomic mass is 32.2. The summed E-state index contributed by atoms with van der Waals surface area (Å²) >= 11 is 0. The van der Waals surface area contributed by atoms with E-state index in [1.54, 1.807) is 13.8 Å². The Kier molecular flexibility index (Phi) is 4.76. The molecular weight excluding hydrogens is 294 g/mol. The molecule has 0 atom stereocenters. The number of aromatic amines is 1. The first-order valence-corrected chi connectivity index (χ1v) is 8.07. The Morgan fingerprint density at radius 1 is 1.29 bits per heavy atom. The molecule has 0 aliphatic rings. The zero-order valence-electron chi connectivity index (χ0n) is 12.2. The van der Waals surface area contributed by atoms with Crippen LogP contribution in [0.15, 0.2) is 15.6 Å². The SMILES string of the molecule is CCNCc1c(C)oc(C)c1S(=O)(=O)NCc1ncn[nH]1. The maximum absolute atomic E-state index is 12.5. The highest BCUT2D eigenvalue weighted by Gasteiger charge is 2.26. The first-order chi connectivity index (χ1) is 9.95. The van der Waals surface area contributed by atoms with Crippen molar-refractivity contribution in [2.75, 3.05) is 6.54 Å². The van der Waals surface area contributed by atoms with Gasteiger partial charge in [0.25, 0.3) is 0 Å². The zero-order chi connectivity index (χ0) is 15.5. The van der Waals surface area contributed by atoms with Gasteiger partial charge in [0.1, 0.15) is 28.6 Å². The molecule has 0 saturated carbocycles. The van der Waals surface area contributed by atoms with Gasteiger partial charge in [0.2, 0.25) is 10.0 Å². The van der Waals surface area contributed by atoms with Crippen molar-refractivity contribution < 1.29 is 12.8 Å². The monoisotopic (exact) mass is 313 g/mol. The summed E-state index contributed by atoms with van der Waals surface area (Å²) in [5.41, 5.74) is 0.652. The van der Waals surface area contributed by atoms with E-state index >= 15 is 0 Å². The first kappa shape index (κ1) is 15.7. The van der Waals surface area contributed by atoms with Crippen molar-refractivity contribution in [2.24, 2.45) is 0 Å². The van der Waals surface area contributed by atoms with Crippen LogP contribution in [0.25, 0.3) is 0 Å². The van der Waals surface area contributed by atoms with Crippen LogP contribution >= 0.6 is 0 Å². The first-order valence-electron chi connectivity index (χ1n) is 6.59. The van der Waals surface area contributed by atoms with Crippen LogP contribution in [0.4, 0.5) is 0 Å². The lowest BCUT2D eigenvalue weighted by atomic mass is 10.2. The molecule has 0 aliphatic carbocycles. The van der Waals surface area contributed by atoms with Crippen LogP contribution in [-0.2, 0) is 23.1 Å². The molecule has 21 heavy (non-hydrogen) atoms. The van der Waals surface area contributed by atoms with E-state index in [2.05, 4.69) is 25.2 Å². The largest absolute Gasteiger partial charge is 0.465 e. The highest BCUT2D eigenvalue weighted by molar-refractivity contribution is 7.89. The minimum Gasteiger partial charge on any atom is -0.465 e. The highest BCUT2D eigenvalue weighted by Crippen LogP contribution is 2.26. The minimum atomic E-state index is -3.68. The molecule has 0 fully saturated rings. The number of sulfonamides is 1. The summed E-state index contributed by atoms with van der Waals surface area (Å²) in [6.07, 6.45) is 1.33. The molecular formula is C12H19N5O3S. The van der Waals surface area contributed by atoms with Crippen molar-refractivity contribution in [1.29, 1.82) is 0 Å². The summed E-state index contributed by atoms with van der Waals surface area (Å²) in [6.45, 7) is 6.60. The normalized spacial score (nSPS) is 12.0. The summed E-state index contributed by atoms with van der Waals surface area (Å²) in [6, 6.07) is 0. The average Bonchev–Trinajstić information content (AvgIpc) is 3.02. The molecule has 3 N–H and O–H groups in total. The third kappa shape index (κ3) is 3.49. The van der Waals surface area contributed by atoms with Crippen LogP contribution in [0.2, 0.25) is 0 Å². The Hall–Kier alpha value is -1.71. The van der Waals surface area contributed by atoms with Gasteiger partial charge in [-0.3, -0.25) is 5.10 Å². The average molecular weight is 313 g/mol. The lowest BCUT2D eigenvalue weighted by Gasteiger charge is -2.08. The quantitative estimate of drug-likeness (QED) is 0.690. The van der Waals surface area contributed by atoms with Crippen LogP contribution in [0.1, 0.15) is 29.8 Å². The number of nitrogens with one attached hydrogen (secondary N) is 3. The summed E-state index contributed by atoms with van der Waals surface area (Å²) in [4.78, 5) is 4.08. The number of hydrogen-bond acceptors (Lipinski definition) is 6. The molecule has 2 aromatic rings. The Balaban J connectivity index is 2.26. The molecule has 0 aliphatic heterocycles. The smallest absolute Gasteiger partial charge is 0.244 e. The number of aromatic nitrogens is 3. The van der Waals surface area contributed by atoms with Crippen molar-refractivity contribution in [1.82, 2.24) is 25.2 Å². The van der Waals surface area contributed by atoms with E-state index in [9.17, 15) is 8.42 Å². The van der Waals surface area contributed by atoms with Gasteiger partial charge in [-0.25, -0.2) is 18.1 Å². The molecule has 2 rings (SSSR count). The summed E-state index contributed by atoms with van der Waals surface area (Å²) < 4.78 is 32.9. The van der Waals surface area contributed by atoms with Crippen molar-refractivity contribution in [2.45, 2.75) is 38.8 Å². The Morgan fingerprint density at radius 2 is 2.05 bits per heavy atom. The number of nitrogens with zero attached hydrogens (tertiary/aromatic N) is 2. The van der Waals surface area contributed by atoms with E-state index in [-0.39, 0.29) is 11.4 Å². The van der Waals surface area contributed by atoms with Gasteiger partial charge in [0.15, 0.2) is 0 Å². The molecule has 9 heteroatoms. The topological polar surface area (TPSA) is 113 Å². The summed E-state index contributed by atoms with van der Waals surface area (Å²) in [5.74, 6) is 1.43. The van der Waals surface area contributed by atoms with Gasteiger partial charge in [0.05, 0.1) is 6.54 Å². The van der Waals surface area contributed by atoms with E-state index in [1.165, 1.54) is 6.33 Å². The van der Waals surface area contributed by atoms with Crippen LogP contribution < -0.4 is 10.0 Å². The van der Waals surface area contributed by atoms with Gasteiger partial charge < -0.3 is 9.73 Å². The molecule has 0 aromatic carbocycles. The standard InChI is InChI=1S/C12H19N5O3S/c1-4-13-5-10-8(2)20-9(3)12(10)21(18,19)16-6-11-14-7-15-17-11/h7,13,16H,4-6H2,1-3H3,(H,14,15,17). The van der Waals surface area contributed by atoms with Gasteiger partial charge in [0, 0.05) is 12.1 Å². The fourth-order valence-corrected chi connectivity index (χ4v) is 3.50. The number of rotatable bonds is 7. The predicted octanol–water partition coefficient (Wildman–Crippen LogP) is 0.603. The molecule has 0 unspecified atom stereocenters. The van der Waals surface area contributed by atoms with Crippen LogP contribution in [0.5, 0.6) is 0 Å². The van der Waals surface area contributed by atoms with Gasteiger partial charge in [-0.1, -0.05) is 6.92 Å². The third-order valence-electron chi connectivity index (χ3n) is 3.04. The molecule has 8 nitrogen and oxygen atoms in total. The van der Waals surface area contributed by atoms with E-state index in [0.29, 0.717) is 29.5 Å². The van der Waals surface area contributed by atoms with Gasteiger partial charge in [-0.05, 0) is 20.4 Å². The molecule has 0 saturated heterocycles. The van der Waals surface area contributed by atoms with Gasteiger partial charge >= 0.3 is 0 Å². The second kappa shape index (κ2) is 6.37. The molecule has 2 aromatic heterocycles. The minimum absolute atomic E-state index is 0.0483. The molecule has 2 heterocycles. The number of aryl methyl sites for hydroxylation is 2. The summed E-state index contributed by atoms with van der Waals surface area (Å²) in [7, 11) is -3.68. The second-order valence-corrected chi connectivity index (χ2v) is 6.26. The van der Waals surface area contributed by atoms with Crippen molar-refractivity contribution in [3.8, 4) is 0 Å². The number of hydrogen-bond donors (Lipinski definition) is 3. The molecule has 0 amide bonds. The van der Waals surface area contributed by atoms with Crippen molar-refractivity contribution in [3.63, 3.8) is 0 Å². The maximum Gasteiger partial charge on any atom is 0.244 e. The van der Waals surface area contributed by atoms with E-state index in [0.717, 1.165) is 6.54 Å². The van der Waals surface area contributed by atoms with E-state index in [1.807, 2.05) is 6.92 Å². The number of H-pyrrole nitrogens is 1. The van der Waals surface area contributed by atoms with Gasteiger partial charge in [-0.2, -0.15) is 5.10 Å². The van der Waals surface area contributed by atoms with E-state index in [4.69, 9.17) is 4.42 Å². The zero-order valence-corrected chi connectivity index (χ0v) is 13.0. The van der Waals surface area contributed by atoms with Gasteiger partial charge in [-0.15, -0.1) is 0 Å². The predicted molar refractivity (Wildman–Crippen MR) is 76.0 cm³/mol. The number of furan rings is 1. The molecule has 0 radical (unpaired) electrons. The molecule has 0 spiro atoms. The van der Waals surface area contributed by atoms with Crippen molar-refractivity contribution >= 4 is 10.0 Å². The third-order valence-corrected chi connectivity index (χ3v) is 4.64. The fourth-order valence-electron chi connectivity index (χ4n) is 2.07.